The van der Waals surface area contributed by atoms with Gasteiger partial charge in [0.25, 0.3) is 10.0 Å². The predicted molar refractivity (Wildman–Crippen MR) is 73.2 cm³/mol. The minimum Gasteiger partial charge on any atom is -0.332 e. The van der Waals surface area contributed by atoms with Crippen LogP contribution >= 0.6 is 0 Å². The number of aromatic nitrogens is 2. The van der Waals surface area contributed by atoms with Crippen molar-refractivity contribution in [3.05, 3.63) is 47.9 Å². The average Bonchev–Trinajstić information content (AvgIpc) is 2.78. The molecule has 0 atom stereocenters. The molecule has 0 spiro atoms. The molecule has 0 unspecified atom stereocenters. The van der Waals surface area contributed by atoms with Crippen molar-refractivity contribution < 1.29 is 8.42 Å². The van der Waals surface area contributed by atoms with E-state index >= 15 is 0 Å². The fourth-order valence-corrected chi connectivity index (χ4v) is 2.27. The van der Waals surface area contributed by atoms with Gasteiger partial charge in [0, 0.05) is 12.7 Å². The van der Waals surface area contributed by atoms with E-state index in [4.69, 9.17) is 5.14 Å². The number of hydrogen-bond acceptors (Lipinski definition) is 3. The van der Waals surface area contributed by atoms with Crippen LogP contribution in [0, 0.1) is 0 Å². The van der Waals surface area contributed by atoms with Gasteiger partial charge in [-0.1, -0.05) is 38.1 Å². The van der Waals surface area contributed by atoms with Crippen molar-refractivity contribution in [2.45, 2.75) is 31.3 Å². The first-order chi connectivity index (χ1) is 8.86. The first kappa shape index (κ1) is 13.8. The van der Waals surface area contributed by atoms with E-state index in [2.05, 4.69) is 31.0 Å². The van der Waals surface area contributed by atoms with Crippen molar-refractivity contribution in [2.24, 2.45) is 5.14 Å². The third kappa shape index (κ3) is 3.42. The fourth-order valence-electron chi connectivity index (χ4n) is 1.79. The molecule has 19 heavy (non-hydrogen) atoms. The average molecular weight is 279 g/mol. The van der Waals surface area contributed by atoms with Gasteiger partial charge in [0.05, 0.1) is 6.33 Å². The molecular formula is C13H17N3O2S. The topological polar surface area (TPSA) is 78.0 Å². The van der Waals surface area contributed by atoms with Crippen LogP contribution in [0.5, 0.6) is 0 Å². The van der Waals surface area contributed by atoms with Crippen molar-refractivity contribution in [1.82, 2.24) is 9.55 Å². The van der Waals surface area contributed by atoms with Gasteiger partial charge in [-0.05, 0) is 17.0 Å². The summed E-state index contributed by atoms with van der Waals surface area (Å²) >= 11 is 0. The molecule has 0 fully saturated rings. The van der Waals surface area contributed by atoms with Gasteiger partial charge in [0.1, 0.15) is 0 Å². The molecule has 0 radical (unpaired) electrons. The van der Waals surface area contributed by atoms with E-state index in [-0.39, 0.29) is 5.03 Å². The minimum absolute atomic E-state index is 0.105. The molecule has 2 rings (SSSR count). The maximum atomic E-state index is 11.1. The van der Waals surface area contributed by atoms with Crippen molar-refractivity contribution in [2.75, 3.05) is 0 Å². The van der Waals surface area contributed by atoms with Crippen LogP contribution in [0.15, 0.2) is 41.8 Å². The molecule has 1 aromatic carbocycles. The largest absolute Gasteiger partial charge is 0.332 e. The van der Waals surface area contributed by atoms with Gasteiger partial charge in [0.15, 0.2) is 5.03 Å². The molecule has 1 heterocycles. The predicted octanol–water partition coefficient (Wildman–Crippen LogP) is 1.70. The lowest BCUT2D eigenvalue weighted by Gasteiger charge is -2.07. The summed E-state index contributed by atoms with van der Waals surface area (Å²) in [6.45, 7) is 4.85. The molecule has 2 N–H and O–H groups in total. The molecule has 0 aliphatic rings. The summed E-state index contributed by atoms with van der Waals surface area (Å²) in [4.78, 5) is 3.78. The molecule has 5 nitrogen and oxygen atoms in total. The van der Waals surface area contributed by atoms with E-state index in [1.54, 1.807) is 4.57 Å². The zero-order chi connectivity index (χ0) is 14.0. The van der Waals surface area contributed by atoms with Crippen LogP contribution in [-0.4, -0.2) is 18.0 Å². The Morgan fingerprint density at radius 2 is 1.89 bits per heavy atom. The highest BCUT2D eigenvalue weighted by Gasteiger charge is 2.11. The van der Waals surface area contributed by atoms with Gasteiger partial charge < -0.3 is 4.57 Å². The quantitative estimate of drug-likeness (QED) is 0.925. The number of rotatable bonds is 4. The summed E-state index contributed by atoms with van der Waals surface area (Å²) in [7, 11) is -3.72. The van der Waals surface area contributed by atoms with E-state index in [1.165, 1.54) is 18.1 Å². The molecule has 6 heteroatoms. The van der Waals surface area contributed by atoms with E-state index in [9.17, 15) is 8.42 Å². The number of primary sulfonamides is 1. The number of hydrogen-bond donors (Lipinski definition) is 1. The summed E-state index contributed by atoms with van der Waals surface area (Å²) in [5.41, 5.74) is 2.36. The number of benzene rings is 1. The summed E-state index contributed by atoms with van der Waals surface area (Å²) in [5.74, 6) is 0.497. The van der Waals surface area contributed by atoms with Crippen LogP contribution in [0.4, 0.5) is 0 Å². The van der Waals surface area contributed by atoms with Gasteiger partial charge in [-0.2, -0.15) is 0 Å². The number of nitrogens with two attached hydrogens (primary N) is 1. The maximum Gasteiger partial charge on any atom is 0.257 e. The zero-order valence-corrected chi connectivity index (χ0v) is 11.8. The second kappa shape index (κ2) is 5.14. The molecule has 2 aromatic rings. The highest BCUT2D eigenvalue weighted by molar-refractivity contribution is 7.89. The van der Waals surface area contributed by atoms with Crippen LogP contribution in [0.3, 0.4) is 0 Å². The summed E-state index contributed by atoms with van der Waals surface area (Å²) in [5, 5.41) is 4.91. The summed E-state index contributed by atoms with van der Waals surface area (Å²) in [6, 6.07) is 8.23. The maximum absolute atomic E-state index is 11.1. The first-order valence-electron chi connectivity index (χ1n) is 5.99. The third-order valence-electron chi connectivity index (χ3n) is 2.91. The first-order valence-corrected chi connectivity index (χ1v) is 7.54. The molecule has 0 aliphatic carbocycles. The lowest BCUT2D eigenvalue weighted by molar-refractivity contribution is 0.594. The number of sulfonamides is 1. The Morgan fingerprint density at radius 3 is 2.37 bits per heavy atom. The lowest BCUT2D eigenvalue weighted by Crippen LogP contribution is -2.12. The minimum atomic E-state index is -3.72. The van der Waals surface area contributed by atoms with Gasteiger partial charge >= 0.3 is 0 Å². The van der Waals surface area contributed by atoms with Gasteiger partial charge in [-0.15, -0.1) is 0 Å². The molecule has 0 saturated heterocycles. The Balaban J connectivity index is 2.15. The molecule has 0 aliphatic heterocycles. The van der Waals surface area contributed by atoms with Crippen molar-refractivity contribution in [1.29, 1.82) is 0 Å². The Hall–Kier alpha value is -1.66. The second-order valence-corrected chi connectivity index (χ2v) is 6.33. The van der Waals surface area contributed by atoms with Crippen LogP contribution in [-0.2, 0) is 16.6 Å². The third-order valence-corrected chi connectivity index (χ3v) is 3.71. The Kier molecular flexibility index (Phi) is 3.73. The van der Waals surface area contributed by atoms with E-state index in [1.807, 2.05) is 12.1 Å². The summed E-state index contributed by atoms with van der Waals surface area (Å²) < 4.78 is 23.9. The SMILES string of the molecule is CC(C)c1ccc(Cn2cnc(S(N)(=O)=O)c2)cc1. The molecule has 102 valence electrons. The molecule has 0 saturated carbocycles. The molecule has 1 aromatic heterocycles. The normalized spacial score (nSPS) is 12.0. The van der Waals surface area contributed by atoms with Crippen molar-refractivity contribution >= 4 is 10.0 Å². The second-order valence-electron chi connectivity index (χ2n) is 4.83. The van der Waals surface area contributed by atoms with Crippen LogP contribution in [0.2, 0.25) is 0 Å². The Bertz CT molecular complexity index is 657. The van der Waals surface area contributed by atoms with Crippen LogP contribution in [0.1, 0.15) is 30.9 Å². The zero-order valence-electron chi connectivity index (χ0n) is 10.9. The van der Waals surface area contributed by atoms with Gasteiger partial charge in [0.2, 0.25) is 0 Å². The van der Waals surface area contributed by atoms with Crippen molar-refractivity contribution in [3.8, 4) is 0 Å². The molecule has 0 amide bonds. The van der Waals surface area contributed by atoms with E-state index in [0.717, 1.165) is 5.56 Å². The summed E-state index contributed by atoms with van der Waals surface area (Å²) in [6.07, 6.45) is 2.90. The highest BCUT2D eigenvalue weighted by Crippen LogP contribution is 2.15. The monoisotopic (exact) mass is 279 g/mol. The van der Waals surface area contributed by atoms with E-state index < -0.39 is 10.0 Å². The van der Waals surface area contributed by atoms with Crippen LogP contribution in [0.25, 0.3) is 0 Å². The number of imidazole rings is 1. The fraction of sp³-hybridized carbons (Fsp3) is 0.308. The van der Waals surface area contributed by atoms with Gasteiger partial charge in [-0.3, -0.25) is 0 Å². The van der Waals surface area contributed by atoms with Gasteiger partial charge in [-0.25, -0.2) is 18.5 Å². The molecular weight excluding hydrogens is 262 g/mol. The van der Waals surface area contributed by atoms with Crippen molar-refractivity contribution in [3.63, 3.8) is 0 Å². The van der Waals surface area contributed by atoms with E-state index in [0.29, 0.717) is 12.5 Å². The standard InChI is InChI=1S/C13H17N3O2S/c1-10(2)12-5-3-11(4-6-12)7-16-8-13(15-9-16)19(14,17)18/h3-6,8-10H,7H2,1-2H3,(H2,14,17,18). The number of nitrogens with zero attached hydrogens (tertiary/aromatic N) is 2. The Morgan fingerprint density at radius 1 is 1.26 bits per heavy atom. The van der Waals surface area contributed by atoms with Crippen LogP contribution < -0.4 is 5.14 Å². The lowest BCUT2D eigenvalue weighted by atomic mass is 10.0. The molecule has 0 bridgehead atoms. The smallest absolute Gasteiger partial charge is 0.257 e. The Labute approximate surface area is 113 Å². The highest BCUT2D eigenvalue weighted by atomic mass is 32.2.